The zero-order chi connectivity index (χ0) is 20.4. The number of halogens is 1. The van der Waals surface area contributed by atoms with Crippen LogP contribution in [0.15, 0.2) is 33.8 Å². The Labute approximate surface area is 164 Å². The number of rotatable bonds is 10. The van der Waals surface area contributed by atoms with Crippen LogP contribution in [-0.2, 0) is 11.3 Å². The van der Waals surface area contributed by atoms with Crippen molar-refractivity contribution < 1.29 is 18.4 Å². The Morgan fingerprint density at radius 1 is 1.32 bits per heavy atom. The lowest BCUT2D eigenvalue weighted by atomic mass is 10.3. The number of aliphatic imine (C=N–C) groups is 1. The predicted molar refractivity (Wildman–Crippen MR) is 104 cm³/mol. The standard InChI is InChI=1S/C19H28FN5O3/c1-5-21-19(22-13-17-23-18(24-28-17)14(3)26-6-2)25(4)11-12-27-16-9-7-15(20)8-10-16/h7-10,14H,5-6,11-13H2,1-4H3,(H,21,22). The van der Waals surface area contributed by atoms with Crippen molar-refractivity contribution in [3.8, 4) is 5.75 Å². The van der Waals surface area contributed by atoms with Gasteiger partial charge >= 0.3 is 0 Å². The molecule has 0 radical (unpaired) electrons. The summed E-state index contributed by atoms with van der Waals surface area (Å²) >= 11 is 0. The number of ether oxygens (including phenoxy) is 2. The van der Waals surface area contributed by atoms with Crippen LogP contribution in [-0.4, -0.2) is 54.4 Å². The van der Waals surface area contributed by atoms with Crippen molar-refractivity contribution in [2.45, 2.75) is 33.4 Å². The second-order valence-corrected chi connectivity index (χ2v) is 6.04. The maximum Gasteiger partial charge on any atom is 0.248 e. The maximum absolute atomic E-state index is 12.9. The van der Waals surface area contributed by atoms with Crippen LogP contribution >= 0.6 is 0 Å². The summed E-state index contributed by atoms with van der Waals surface area (Å²) in [6.45, 7) is 8.38. The summed E-state index contributed by atoms with van der Waals surface area (Å²) < 4.78 is 29.2. The van der Waals surface area contributed by atoms with Gasteiger partial charge in [0.2, 0.25) is 5.89 Å². The Bertz CT molecular complexity index is 735. The molecule has 1 heterocycles. The van der Waals surface area contributed by atoms with Crippen LogP contribution in [0.4, 0.5) is 4.39 Å². The van der Waals surface area contributed by atoms with E-state index in [2.05, 4.69) is 20.4 Å². The van der Waals surface area contributed by atoms with E-state index in [1.165, 1.54) is 12.1 Å². The first-order valence-corrected chi connectivity index (χ1v) is 9.35. The molecule has 1 aromatic heterocycles. The Balaban J connectivity index is 1.88. The molecule has 0 bridgehead atoms. The molecule has 28 heavy (non-hydrogen) atoms. The van der Waals surface area contributed by atoms with Crippen LogP contribution in [0.5, 0.6) is 5.75 Å². The number of benzene rings is 1. The molecule has 9 heteroatoms. The third-order valence-electron chi connectivity index (χ3n) is 3.83. The third-order valence-corrected chi connectivity index (χ3v) is 3.83. The van der Waals surface area contributed by atoms with Crippen molar-refractivity contribution in [2.75, 3.05) is 33.4 Å². The summed E-state index contributed by atoms with van der Waals surface area (Å²) in [5.74, 6) is 1.97. The number of aromatic nitrogens is 2. The number of hydrogen-bond donors (Lipinski definition) is 1. The van der Waals surface area contributed by atoms with E-state index >= 15 is 0 Å². The molecule has 1 atom stereocenters. The highest BCUT2D eigenvalue weighted by Gasteiger charge is 2.14. The molecule has 0 saturated heterocycles. The minimum Gasteiger partial charge on any atom is -0.492 e. The van der Waals surface area contributed by atoms with Crippen molar-refractivity contribution in [1.82, 2.24) is 20.4 Å². The number of nitrogens with zero attached hydrogens (tertiary/aromatic N) is 4. The number of likely N-dealkylation sites (N-methyl/N-ethyl adjacent to an activating group) is 1. The minimum atomic E-state index is -0.286. The lowest BCUT2D eigenvalue weighted by molar-refractivity contribution is 0.0683. The lowest BCUT2D eigenvalue weighted by Crippen LogP contribution is -2.40. The first-order valence-electron chi connectivity index (χ1n) is 9.35. The van der Waals surface area contributed by atoms with Crippen LogP contribution in [0.2, 0.25) is 0 Å². The molecule has 2 aromatic rings. The second kappa shape index (κ2) is 11.2. The van der Waals surface area contributed by atoms with E-state index in [0.29, 0.717) is 43.2 Å². The molecule has 1 N–H and O–H groups in total. The fourth-order valence-corrected chi connectivity index (χ4v) is 2.37. The van der Waals surface area contributed by atoms with Crippen LogP contribution in [0.1, 0.15) is 38.6 Å². The number of guanidine groups is 1. The normalized spacial score (nSPS) is 12.7. The van der Waals surface area contributed by atoms with Crippen molar-refractivity contribution in [1.29, 1.82) is 0 Å². The molecule has 0 aliphatic rings. The largest absolute Gasteiger partial charge is 0.492 e. The average Bonchev–Trinajstić information content (AvgIpc) is 3.16. The predicted octanol–water partition coefficient (Wildman–Crippen LogP) is 2.78. The second-order valence-electron chi connectivity index (χ2n) is 6.04. The molecule has 1 unspecified atom stereocenters. The Kier molecular flexibility index (Phi) is 8.67. The summed E-state index contributed by atoms with van der Waals surface area (Å²) in [7, 11) is 1.91. The molecule has 0 fully saturated rings. The topological polar surface area (TPSA) is 85.0 Å². The van der Waals surface area contributed by atoms with E-state index < -0.39 is 0 Å². The van der Waals surface area contributed by atoms with Crippen molar-refractivity contribution in [3.05, 3.63) is 41.8 Å². The number of hydrogen-bond acceptors (Lipinski definition) is 6. The van der Waals surface area contributed by atoms with E-state index in [9.17, 15) is 4.39 Å². The zero-order valence-electron chi connectivity index (χ0n) is 16.8. The fourth-order valence-electron chi connectivity index (χ4n) is 2.37. The molecule has 8 nitrogen and oxygen atoms in total. The average molecular weight is 393 g/mol. The zero-order valence-corrected chi connectivity index (χ0v) is 16.8. The molecule has 2 rings (SSSR count). The summed E-state index contributed by atoms with van der Waals surface area (Å²) in [6.07, 6.45) is -0.217. The van der Waals surface area contributed by atoms with Crippen LogP contribution in [0.25, 0.3) is 0 Å². The van der Waals surface area contributed by atoms with E-state index in [-0.39, 0.29) is 18.5 Å². The highest BCUT2D eigenvalue weighted by atomic mass is 19.1. The molecule has 154 valence electrons. The quantitative estimate of drug-likeness (QED) is 0.491. The van der Waals surface area contributed by atoms with E-state index in [1.807, 2.05) is 32.7 Å². The van der Waals surface area contributed by atoms with E-state index in [1.54, 1.807) is 12.1 Å². The van der Waals surface area contributed by atoms with Crippen molar-refractivity contribution >= 4 is 5.96 Å². The minimum absolute atomic E-state index is 0.217. The number of nitrogens with one attached hydrogen (secondary N) is 1. The van der Waals surface area contributed by atoms with Crippen LogP contribution < -0.4 is 10.1 Å². The summed E-state index contributed by atoms with van der Waals surface area (Å²) in [5.41, 5.74) is 0. The van der Waals surface area contributed by atoms with E-state index in [0.717, 1.165) is 6.54 Å². The van der Waals surface area contributed by atoms with Gasteiger partial charge in [-0.25, -0.2) is 9.38 Å². The van der Waals surface area contributed by atoms with Gasteiger partial charge in [-0.2, -0.15) is 4.98 Å². The maximum atomic E-state index is 12.9. The summed E-state index contributed by atoms with van der Waals surface area (Å²) in [6, 6.07) is 5.95. The van der Waals surface area contributed by atoms with Gasteiger partial charge in [0.15, 0.2) is 11.8 Å². The molecular weight excluding hydrogens is 365 g/mol. The molecular formula is C19H28FN5O3. The SMILES string of the molecule is CCNC(=NCc1nc(C(C)OCC)no1)N(C)CCOc1ccc(F)cc1. The van der Waals surface area contributed by atoms with Gasteiger partial charge in [-0.3, -0.25) is 0 Å². The first kappa shape index (κ1) is 21.6. The van der Waals surface area contributed by atoms with Gasteiger partial charge in [-0.15, -0.1) is 0 Å². The van der Waals surface area contributed by atoms with Gasteiger partial charge in [0.05, 0.1) is 6.54 Å². The Hall–Kier alpha value is -2.68. The molecule has 1 aromatic carbocycles. The highest BCUT2D eigenvalue weighted by Crippen LogP contribution is 2.13. The molecule has 0 spiro atoms. The van der Waals surface area contributed by atoms with Gasteiger partial charge in [-0.1, -0.05) is 5.16 Å². The lowest BCUT2D eigenvalue weighted by Gasteiger charge is -2.21. The van der Waals surface area contributed by atoms with Crippen LogP contribution in [0, 0.1) is 5.82 Å². The van der Waals surface area contributed by atoms with Gasteiger partial charge in [-0.05, 0) is 45.0 Å². The van der Waals surface area contributed by atoms with Gasteiger partial charge in [0.25, 0.3) is 0 Å². The van der Waals surface area contributed by atoms with Gasteiger partial charge < -0.3 is 24.2 Å². The Morgan fingerprint density at radius 3 is 2.75 bits per heavy atom. The highest BCUT2D eigenvalue weighted by molar-refractivity contribution is 5.79. The van der Waals surface area contributed by atoms with Crippen molar-refractivity contribution in [2.24, 2.45) is 4.99 Å². The molecule has 0 aliphatic heterocycles. The van der Waals surface area contributed by atoms with Gasteiger partial charge in [0.1, 0.15) is 30.8 Å². The van der Waals surface area contributed by atoms with E-state index in [4.69, 9.17) is 14.0 Å². The molecule has 0 saturated carbocycles. The smallest absolute Gasteiger partial charge is 0.248 e. The molecule has 0 aliphatic carbocycles. The fraction of sp³-hybridized carbons (Fsp3) is 0.526. The first-order chi connectivity index (χ1) is 13.5. The van der Waals surface area contributed by atoms with Crippen LogP contribution in [0.3, 0.4) is 0 Å². The van der Waals surface area contributed by atoms with Crippen molar-refractivity contribution in [3.63, 3.8) is 0 Å². The summed E-state index contributed by atoms with van der Waals surface area (Å²) in [4.78, 5) is 10.8. The summed E-state index contributed by atoms with van der Waals surface area (Å²) in [5, 5.41) is 7.15. The monoisotopic (exact) mass is 393 g/mol. The third kappa shape index (κ3) is 6.80. The molecule has 0 amide bonds. The Morgan fingerprint density at radius 2 is 2.07 bits per heavy atom. The van der Waals surface area contributed by atoms with Gasteiger partial charge in [0, 0.05) is 20.2 Å².